The Labute approximate surface area is 145 Å². The van der Waals surface area contributed by atoms with Crippen LogP contribution in [0.4, 0.5) is 0 Å². The first-order valence-electron chi connectivity index (χ1n) is 8.27. The topological polar surface area (TPSA) is 26.5 Å². The van der Waals surface area contributed by atoms with Crippen molar-refractivity contribution >= 4 is 27.3 Å². The monoisotopic (exact) mass is 324 g/mol. The van der Waals surface area contributed by atoms with Gasteiger partial charge in [-0.1, -0.05) is 18.2 Å². The smallest absolute Gasteiger partial charge is 0.118 e. The maximum absolute atomic E-state index is 5.30. The molecule has 0 fully saturated rings. The van der Waals surface area contributed by atoms with Gasteiger partial charge in [-0.3, -0.25) is 4.98 Å². The summed E-state index contributed by atoms with van der Waals surface area (Å²) < 4.78 is 7.62. The fourth-order valence-corrected chi connectivity index (χ4v) is 3.53. The average molecular weight is 324 g/mol. The lowest BCUT2D eigenvalue weighted by Gasteiger charge is -2.11. The van der Waals surface area contributed by atoms with Gasteiger partial charge >= 0.3 is 0 Å². The van der Waals surface area contributed by atoms with Crippen molar-refractivity contribution in [2.45, 2.75) is 0 Å². The molecule has 25 heavy (non-hydrogen) atoms. The van der Waals surface area contributed by atoms with Gasteiger partial charge in [0.2, 0.25) is 0 Å². The van der Waals surface area contributed by atoms with E-state index >= 15 is 0 Å². The number of pyridine rings is 2. The lowest BCUT2D eigenvalue weighted by molar-refractivity contribution is 0.415. The summed E-state index contributed by atoms with van der Waals surface area (Å²) >= 11 is 0. The number of benzene rings is 2. The van der Waals surface area contributed by atoms with Gasteiger partial charge in [-0.25, -0.2) is 0 Å². The van der Waals surface area contributed by atoms with E-state index in [2.05, 4.69) is 64.0 Å². The van der Waals surface area contributed by atoms with Crippen LogP contribution >= 0.6 is 0 Å². The molecule has 5 aromatic rings. The van der Waals surface area contributed by atoms with E-state index in [1.54, 1.807) is 7.11 Å². The van der Waals surface area contributed by atoms with Gasteiger partial charge in [0.1, 0.15) is 5.75 Å². The molecule has 0 spiro atoms. The zero-order chi connectivity index (χ0) is 16.8. The van der Waals surface area contributed by atoms with E-state index in [0.717, 1.165) is 27.9 Å². The second-order valence-corrected chi connectivity index (χ2v) is 6.12. The largest absolute Gasteiger partial charge is 0.497 e. The van der Waals surface area contributed by atoms with Gasteiger partial charge in [0.05, 0.1) is 29.4 Å². The van der Waals surface area contributed by atoms with E-state index in [1.165, 1.54) is 16.4 Å². The summed E-state index contributed by atoms with van der Waals surface area (Å²) in [6.45, 7) is 0. The molecular formula is C22H16N2O. The minimum Gasteiger partial charge on any atom is -0.497 e. The summed E-state index contributed by atoms with van der Waals surface area (Å²) in [6, 6.07) is 25.2. The Balaban J connectivity index is 1.95. The van der Waals surface area contributed by atoms with Crippen LogP contribution in [0.5, 0.6) is 5.75 Å². The van der Waals surface area contributed by atoms with Crippen molar-refractivity contribution in [2.75, 3.05) is 7.11 Å². The van der Waals surface area contributed by atoms with Crippen LogP contribution in [-0.4, -0.2) is 16.5 Å². The van der Waals surface area contributed by atoms with Gasteiger partial charge in [0.15, 0.2) is 0 Å². The van der Waals surface area contributed by atoms with Crippen LogP contribution in [0.2, 0.25) is 0 Å². The molecule has 3 aromatic heterocycles. The summed E-state index contributed by atoms with van der Waals surface area (Å²) in [5.41, 5.74) is 5.65. The van der Waals surface area contributed by atoms with Crippen LogP contribution < -0.4 is 4.74 Å². The highest BCUT2D eigenvalue weighted by Crippen LogP contribution is 2.33. The van der Waals surface area contributed by atoms with Crippen molar-refractivity contribution in [3.63, 3.8) is 0 Å². The average Bonchev–Trinajstić information content (AvgIpc) is 3.07. The molecule has 5 rings (SSSR count). The predicted octanol–water partition coefficient (Wildman–Crippen LogP) is 5.32. The first-order chi connectivity index (χ1) is 12.3. The number of rotatable bonds is 2. The molecule has 0 aliphatic rings. The Kier molecular flexibility index (Phi) is 3.01. The molecule has 3 heterocycles. The summed E-state index contributed by atoms with van der Waals surface area (Å²) in [7, 11) is 1.69. The van der Waals surface area contributed by atoms with Crippen LogP contribution in [0.3, 0.4) is 0 Å². The zero-order valence-corrected chi connectivity index (χ0v) is 13.8. The molecule has 0 radical (unpaired) electrons. The minimum absolute atomic E-state index is 0.858. The van der Waals surface area contributed by atoms with Crippen LogP contribution in [0.15, 0.2) is 79.0 Å². The summed E-state index contributed by atoms with van der Waals surface area (Å²) in [5.74, 6) is 0.858. The van der Waals surface area contributed by atoms with Crippen molar-refractivity contribution in [3.8, 4) is 17.0 Å². The Hall–Kier alpha value is -3.33. The SMILES string of the molecule is COc1ccc(-c2cc3ncccc3c3cc4ccccc4n23)cc1. The van der Waals surface area contributed by atoms with E-state index in [1.807, 2.05) is 24.4 Å². The number of hydrogen-bond donors (Lipinski definition) is 0. The molecule has 3 heteroatoms. The van der Waals surface area contributed by atoms with Crippen LogP contribution in [0.25, 0.3) is 38.6 Å². The maximum atomic E-state index is 5.30. The van der Waals surface area contributed by atoms with E-state index in [0.29, 0.717) is 0 Å². The number of aromatic nitrogens is 2. The quantitative estimate of drug-likeness (QED) is 0.439. The van der Waals surface area contributed by atoms with Crippen molar-refractivity contribution in [1.29, 1.82) is 0 Å². The van der Waals surface area contributed by atoms with Gasteiger partial charge in [-0.2, -0.15) is 0 Å². The van der Waals surface area contributed by atoms with Crippen molar-refractivity contribution in [3.05, 3.63) is 79.0 Å². The molecule has 0 unspecified atom stereocenters. The van der Waals surface area contributed by atoms with Crippen molar-refractivity contribution in [2.24, 2.45) is 0 Å². The van der Waals surface area contributed by atoms with Crippen molar-refractivity contribution in [1.82, 2.24) is 9.38 Å². The lowest BCUT2D eigenvalue weighted by Crippen LogP contribution is -1.94. The Bertz CT molecular complexity index is 1220. The van der Waals surface area contributed by atoms with Crippen LogP contribution in [0, 0.1) is 0 Å². The van der Waals surface area contributed by atoms with Crippen molar-refractivity contribution < 1.29 is 4.74 Å². The van der Waals surface area contributed by atoms with Gasteiger partial charge in [0, 0.05) is 17.0 Å². The van der Waals surface area contributed by atoms with E-state index in [4.69, 9.17) is 4.74 Å². The number of nitrogens with zero attached hydrogens (tertiary/aromatic N) is 2. The molecule has 3 nitrogen and oxygen atoms in total. The highest BCUT2D eigenvalue weighted by molar-refractivity contribution is 6.03. The Morgan fingerprint density at radius 2 is 1.68 bits per heavy atom. The molecule has 0 bridgehead atoms. The number of ether oxygens (including phenoxy) is 1. The highest BCUT2D eigenvalue weighted by Gasteiger charge is 2.12. The number of hydrogen-bond acceptors (Lipinski definition) is 2. The van der Waals surface area contributed by atoms with Crippen LogP contribution in [0.1, 0.15) is 0 Å². The third kappa shape index (κ3) is 2.09. The molecule has 0 N–H and O–H groups in total. The standard InChI is InChI=1S/C22H16N2O/c1-25-17-10-8-15(9-11-17)21-14-19-18(6-4-12-23-19)22-13-16-5-2-3-7-20(16)24(21)22/h2-14H,1H3. The third-order valence-corrected chi connectivity index (χ3v) is 4.73. The number of fused-ring (bicyclic) bond motifs is 5. The molecule has 0 aliphatic carbocycles. The predicted molar refractivity (Wildman–Crippen MR) is 102 cm³/mol. The normalized spacial score (nSPS) is 11.4. The first kappa shape index (κ1) is 14.1. The molecule has 0 aliphatic heterocycles. The fraction of sp³-hybridized carbons (Fsp3) is 0.0455. The fourth-order valence-electron chi connectivity index (χ4n) is 3.53. The first-order valence-corrected chi connectivity index (χ1v) is 8.27. The molecule has 2 aromatic carbocycles. The molecule has 0 saturated carbocycles. The Morgan fingerprint density at radius 3 is 2.52 bits per heavy atom. The van der Waals surface area contributed by atoms with E-state index in [-0.39, 0.29) is 0 Å². The second-order valence-electron chi connectivity index (χ2n) is 6.12. The Morgan fingerprint density at radius 1 is 0.840 bits per heavy atom. The third-order valence-electron chi connectivity index (χ3n) is 4.73. The molecule has 120 valence electrons. The highest BCUT2D eigenvalue weighted by atomic mass is 16.5. The lowest BCUT2D eigenvalue weighted by atomic mass is 10.1. The molecule has 0 atom stereocenters. The summed E-state index contributed by atoms with van der Waals surface area (Å²) in [6.07, 6.45) is 1.85. The number of para-hydroxylation sites is 1. The van der Waals surface area contributed by atoms with Gasteiger partial charge < -0.3 is 9.14 Å². The maximum Gasteiger partial charge on any atom is 0.118 e. The zero-order valence-electron chi connectivity index (χ0n) is 13.8. The number of methoxy groups -OCH3 is 1. The van der Waals surface area contributed by atoms with E-state index < -0.39 is 0 Å². The molecule has 0 amide bonds. The summed E-state index contributed by atoms with van der Waals surface area (Å²) in [5, 5.41) is 2.39. The van der Waals surface area contributed by atoms with Crippen LogP contribution in [-0.2, 0) is 0 Å². The molecular weight excluding hydrogens is 308 g/mol. The summed E-state index contributed by atoms with van der Waals surface area (Å²) in [4.78, 5) is 4.58. The van der Waals surface area contributed by atoms with Gasteiger partial charge in [0.25, 0.3) is 0 Å². The van der Waals surface area contributed by atoms with E-state index in [9.17, 15) is 0 Å². The minimum atomic E-state index is 0.858. The van der Waals surface area contributed by atoms with Gasteiger partial charge in [-0.15, -0.1) is 0 Å². The second kappa shape index (κ2) is 5.35. The van der Waals surface area contributed by atoms with Gasteiger partial charge in [-0.05, 0) is 60.2 Å². The molecule has 0 saturated heterocycles.